The molecule has 0 aromatic heterocycles. The SMILES string of the molecule is CC[C@@H](C)[C@H](C)NCc1cccc(F)c1. The van der Waals surface area contributed by atoms with E-state index in [0.29, 0.717) is 12.0 Å². The molecule has 0 aliphatic heterocycles. The van der Waals surface area contributed by atoms with Crippen molar-refractivity contribution < 1.29 is 4.39 Å². The zero-order valence-electron chi connectivity index (χ0n) is 9.76. The van der Waals surface area contributed by atoms with Gasteiger partial charge >= 0.3 is 0 Å². The van der Waals surface area contributed by atoms with E-state index < -0.39 is 0 Å². The summed E-state index contributed by atoms with van der Waals surface area (Å²) in [6, 6.07) is 7.22. The Hall–Kier alpha value is -0.890. The maximum absolute atomic E-state index is 12.9. The minimum absolute atomic E-state index is 0.162. The molecule has 0 heterocycles. The standard InChI is InChI=1S/C13H20FN/c1-4-10(2)11(3)15-9-12-6-5-7-13(14)8-12/h5-8,10-11,15H,4,9H2,1-3H3/t10-,11+/m1/s1. The molecule has 84 valence electrons. The van der Waals surface area contributed by atoms with Gasteiger partial charge in [0.05, 0.1) is 0 Å². The van der Waals surface area contributed by atoms with Crippen molar-refractivity contribution in [3.63, 3.8) is 0 Å². The van der Waals surface area contributed by atoms with Crippen LogP contribution in [0.5, 0.6) is 0 Å². The van der Waals surface area contributed by atoms with Crippen molar-refractivity contribution in [3.8, 4) is 0 Å². The molecule has 0 bridgehead atoms. The average Bonchev–Trinajstić information content (AvgIpc) is 2.25. The van der Waals surface area contributed by atoms with E-state index >= 15 is 0 Å². The highest BCUT2D eigenvalue weighted by Gasteiger charge is 2.08. The lowest BCUT2D eigenvalue weighted by Crippen LogP contribution is -2.31. The van der Waals surface area contributed by atoms with Crippen molar-refractivity contribution in [1.82, 2.24) is 5.32 Å². The van der Waals surface area contributed by atoms with Crippen LogP contribution in [0, 0.1) is 11.7 Å². The normalized spacial score (nSPS) is 14.9. The lowest BCUT2D eigenvalue weighted by atomic mass is 10.0. The molecule has 0 amide bonds. The number of halogens is 1. The van der Waals surface area contributed by atoms with Crippen molar-refractivity contribution in [2.75, 3.05) is 0 Å². The number of hydrogen-bond donors (Lipinski definition) is 1. The van der Waals surface area contributed by atoms with Gasteiger partial charge in [-0.2, -0.15) is 0 Å². The molecule has 1 N–H and O–H groups in total. The largest absolute Gasteiger partial charge is 0.310 e. The molecule has 0 radical (unpaired) electrons. The minimum Gasteiger partial charge on any atom is -0.310 e. The third-order valence-electron chi connectivity index (χ3n) is 3.01. The van der Waals surface area contributed by atoms with E-state index in [9.17, 15) is 4.39 Å². The molecule has 1 aromatic rings. The van der Waals surface area contributed by atoms with Crippen molar-refractivity contribution >= 4 is 0 Å². The summed E-state index contributed by atoms with van der Waals surface area (Å²) in [6.45, 7) is 7.32. The van der Waals surface area contributed by atoms with Crippen molar-refractivity contribution in [1.29, 1.82) is 0 Å². The Kier molecular flexibility index (Phi) is 4.76. The molecular formula is C13H20FN. The highest BCUT2D eigenvalue weighted by Crippen LogP contribution is 2.08. The van der Waals surface area contributed by atoms with Gasteiger partial charge in [0.1, 0.15) is 5.82 Å². The zero-order valence-corrected chi connectivity index (χ0v) is 9.76. The molecule has 1 aromatic carbocycles. The van der Waals surface area contributed by atoms with Gasteiger partial charge in [0.25, 0.3) is 0 Å². The maximum atomic E-state index is 12.9. The predicted molar refractivity (Wildman–Crippen MR) is 62.2 cm³/mol. The maximum Gasteiger partial charge on any atom is 0.123 e. The van der Waals surface area contributed by atoms with E-state index in [2.05, 4.69) is 26.1 Å². The summed E-state index contributed by atoms with van der Waals surface area (Å²) >= 11 is 0. The summed E-state index contributed by atoms with van der Waals surface area (Å²) in [5.41, 5.74) is 1.00. The molecule has 0 unspecified atom stereocenters. The smallest absolute Gasteiger partial charge is 0.123 e. The Labute approximate surface area is 91.7 Å². The molecule has 1 rings (SSSR count). The summed E-state index contributed by atoms with van der Waals surface area (Å²) in [4.78, 5) is 0. The van der Waals surface area contributed by atoms with Gasteiger partial charge in [0.15, 0.2) is 0 Å². The van der Waals surface area contributed by atoms with E-state index in [4.69, 9.17) is 0 Å². The second-order valence-corrected chi connectivity index (χ2v) is 4.19. The van der Waals surface area contributed by atoms with E-state index in [-0.39, 0.29) is 5.82 Å². The summed E-state index contributed by atoms with van der Waals surface area (Å²) in [5, 5.41) is 3.41. The summed E-state index contributed by atoms with van der Waals surface area (Å²) in [7, 11) is 0. The van der Waals surface area contributed by atoms with Gasteiger partial charge in [0, 0.05) is 12.6 Å². The Morgan fingerprint density at radius 2 is 2.07 bits per heavy atom. The van der Waals surface area contributed by atoms with Crippen molar-refractivity contribution in [3.05, 3.63) is 35.6 Å². The first kappa shape index (κ1) is 12.2. The van der Waals surface area contributed by atoms with Crippen LogP contribution in [-0.2, 0) is 6.54 Å². The van der Waals surface area contributed by atoms with Gasteiger partial charge in [-0.1, -0.05) is 32.4 Å². The third kappa shape index (κ3) is 4.00. The molecule has 0 saturated heterocycles. The van der Waals surface area contributed by atoms with Gasteiger partial charge in [-0.05, 0) is 30.5 Å². The predicted octanol–water partition coefficient (Wildman–Crippen LogP) is 3.35. The van der Waals surface area contributed by atoms with Crippen LogP contribution >= 0.6 is 0 Å². The first-order chi connectivity index (χ1) is 7.13. The average molecular weight is 209 g/mol. The molecular weight excluding hydrogens is 189 g/mol. The van der Waals surface area contributed by atoms with Crippen LogP contribution in [0.15, 0.2) is 24.3 Å². The molecule has 0 aliphatic carbocycles. The highest BCUT2D eigenvalue weighted by atomic mass is 19.1. The fourth-order valence-corrected chi connectivity index (χ4v) is 1.48. The Bertz CT molecular complexity index is 298. The molecule has 0 aliphatic rings. The van der Waals surface area contributed by atoms with Crippen LogP contribution in [-0.4, -0.2) is 6.04 Å². The monoisotopic (exact) mass is 209 g/mol. The van der Waals surface area contributed by atoms with Crippen LogP contribution in [0.3, 0.4) is 0 Å². The number of rotatable bonds is 5. The van der Waals surface area contributed by atoms with E-state index in [0.717, 1.165) is 18.5 Å². The van der Waals surface area contributed by atoms with Gasteiger partial charge < -0.3 is 5.32 Å². The summed E-state index contributed by atoms with van der Waals surface area (Å²) in [6.07, 6.45) is 1.16. The van der Waals surface area contributed by atoms with Gasteiger partial charge in [-0.3, -0.25) is 0 Å². The molecule has 0 saturated carbocycles. The van der Waals surface area contributed by atoms with Crippen LogP contribution in [0.2, 0.25) is 0 Å². The molecule has 0 fully saturated rings. The second-order valence-electron chi connectivity index (χ2n) is 4.19. The Balaban J connectivity index is 2.43. The summed E-state index contributed by atoms with van der Waals surface area (Å²) in [5.74, 6) is 0.490. The topological polar surface area (TPSA) is 12.0 Å². The lowest BCUT2D eigenvalue weighted by Gasteiger charge is -2.19. The molecule has 1 nitrogen and oxygen atoms in total. The van der Waals surface area contributed by atoms with E-state index in [1.807, 2.05) is 6.07 Å². The first-order valence-electron chi connectivity index (χ1n) is 5.61. The molecule has 2 atom stereocenters. The van der Waals surface area contributed by atoms with Crippen LogP contribution < -0.4 is 5.32 Å². The summed E-state index contributed by atoms with van der Waals surface area (Å²) < 4.78 is 12.9. The number of benzene rings is 1. The second kappa shape index (κ2) is 5.86. The fourth-order valence-electron chi connectivity index (χ4n) is 1.48. The molecule has 0 spiro atoms. The van der Waals surface area contributed by atoms with E-state index in [1.165, 1.54) is 6.07 Å². The van der Waals surface area contributed by atoms with Gasteiger partial charge in [-0.25, -0.2) is 4.39 Å². The van der Waals surface area contributed by atoms with Gasteiger partial charge in [-0.15, -0.1) is 0 Å². The first-order valence-corrected chi connectivity index (χ1v) is 5.61. The van der Waals surface area contributed by atoms with Crippen LogP contribution in [0.1, 0.15) is 32.8 Å². The third-order valence-corrected chi connectivity index (χ3v) is 3.01. The Morgan fingerprint density at radius 1 is 1.33 bits per heavy atom. The van der Waals surface area contributed by atoms with Crippen LogP contribution in [0.4, 0.5) is 4.39 Å². The molecule has 15 heavy (non-hydrogen) atoms. The highest BCUT2D eigenvalue weighted by molar-refractivity contribution is 5.16. The minimum atomic E-state index is -0.162. The van der Waals surface area contributed by atoms with E-state index in [1.54, 1.807) is 12.1 Å². The molecule has 2 heteroatoms. The Morgan fingerprint density at radius 3 is 2.67 bits per heavy atom. The van der Waals surface area contributed by atoms with Crippen molar-refractivity contribution in [2.45, 2.75) is 39.8 Å². The zero-order chi connectivity index (χ0) is 11.3. The lowest BCUT2D eigenvalue weighted by molar-refractivity contribution is 0.389. The van der Waals surface area contributed by atoms with Crippen LogP contribution in [0.25, 0.3) is 0 Å². The van der Waals surface area contributed by atoms with Crippen molar-refractivity contribution in [2.24, 2.45) is 5.92 Å². The fraction of sp³-hybridized carbons (Fsp3) is 0.538. The quantitative estimate of drug-likeness (QED) is 0.784. The van der Waals surface area contributed by atoms with Gasteiger partial charge in [0.2, 0.25) is 0 Å². The number of hydrogen-bond acceptors (Lipinski definition) is 1. The number of nitrogens with one attached hydrogen (secondary N) is 1.